The van der Waals surface area contributed by atoms with E-state index in [2.05, 4.69) is 48.2 Å². The average molecular weight is 512 g/mol. The molecule has 1 atom stereocenters. The predicted octanol–water partition coefficient (Wildman–Crippen LogP) is 5.16. The van der Waals surface area contributed by atoms with Crippen molar-refractivity contribution in [2.45, 2.75) is 51.0 Å². The molecule has 3 aliphatic rings. The van der Waals surface area contributed by atoms with Gasteiger partial charge in [0.2, 0.25) is 0 Å². The first-order chi connectivity index (χ1) is 17.5. The molecule has 0 aliphatic carbocycles. The highest BCUT2D eigenvalue weighted by atomic mass is 32.2. The van der Waals surface area contributed by atoms with Crippen LogP contribution in [0, 0.1) is 18.8 Å². The van der Waals surface area contributed by atoms with Crippen LogP contribution in [-0.2, 0) is 9.47 Å². The lowest BCUT2D eigenvalue weighted by atomic mass is 9.87. The quantitative estimate of drug-likeness (QED) is 0.473. The van der Waals surface area contributed by atoms with Gasteiger partial charge in [0.05, 0.1) is 30.2 Å². The van der Waals surface area contributed by atoms with Crippen molar-refractivity contribution in [2.75, 3.05) is 55.3 Å². The number of aryl methyl sites for hydroxylation is 1. The van der Waals surface area contributed by atoms with Gasteiger partial charge in [-0.2, -0.15) is 0 Å². The van der Waals surface area contributed by atoms with E-state index in [4.69, 9.17) is 19.2 Å². The van der Waals surface area contributed by atoms with E-state index in [-0.39, 0.29) is 11.9 Å². The van der Waals surface area contributed by atoms with Crippen LogP contribution in [0.3, 0.4) is 0 Å². The molecule has 1 aromatic heterocycles. The molecule has 8 heteroatoms. The van der Waals surface area contributed by atoms with Gasteiger partial charge in [-0.1, -0.05) is 13.8 Å². The summed E-state index contributed by atoms with van der Waals surface area (Å²) in [4.78, 5) is 21.4. The second-order valence-corrected chi connectivity index (χ2v) is 11.4. The van der Waals surface area contributed by atoms with Gasteiger partial charge in [-0.05, 0) is 68.0 Å². The second kappa shape index (κ2) is 11.4. The fourth-order valence-corrected chi connectivity index (χ4v) is 6.37. The Morgan fingerprint density at radius 2 is 1.83 bits per heavy atom. The first kappa shape index (κ1) is 25.4. The second-order valence-electron chi connectivity index (χ2n) is 10.3. The number of aromatic nitrogens is 1. The minimum absolute atomic E-state index is 0.0384. The standard InChI is InChI=1S/C28H37N3O4S/c1-19(2)18-31(24-5-7-28(29-20(24)3)30-10-14-34-15-11-30)36-22-4-6-26-23(16-22)25(32)17-27(35-26)21-8-12-33-13-9-21/h4-7,16,19,21,27H,8-15,17-18H2,1-3H3. The van der Waals surface area contributed by atoms with Crippen molar-refractivity contribution in [3.63, 3.8) is 0 Å². The molecule has 7 nitrogen and oxygen atoms in total. The summed E-state index contributed by atoms with van der Waals surface area (Å²) in [6.45, 7) is 12.1. The zero-order chi connectivity index (χ0) is 25.1. The number of carbonyl (C=O) groups is 1. The van der Waals surface area contributed by atoms with E-state index < -0.39 is 0 Å². The monoisotopic (exact) mass is 511 g/mol. The number of hydrogen-bond acceptors (Lipinski definition) is 8. The molecule has 0 saturated carbocycles. The van der Waals surface area contributed by atoms with E-state index in [1.165, 1.54) is 0 Å². The molecule has 0 radical (unpaired) electrons. The topological polar surface area (TPSA) is 64.1 Å². The summed E-state index contributed by atoms with van der Waals surface area (Å²) in [5, 5.41) is 0. The summed E-state index contributed by atoms with van der Waals surface area (Å²) >= 11 is 1.66. The molecule has 0 amide bonds. The largest absolute Gasteiger partial charge is 0.489 e. The number of rotatable bonds is 7. The molecule has 2 fully saturated rings. The van der Waals surface area contributed by atoms with Crippen LogP contribution in [0.1, 0.15) is 49.2 Å². The van der Waals surface area contributed by atoms with Crippen molar-refractivity contribution in [1.29, 1.82) is 0 Å². The fraction of sp³-hybridized carbons (Fsp3) is 0.571. The summed E-state index contributed by atoms with van der Waals surface area (Å²) < 4.78 is 19.6. The van der Waals surface area contributed by atoms with Crippen molar-refractivity contribution >= 4 is 29.2 Å². The van der Waals surface area contributed by atoms with Crippen molar-refractivity contribution in [1.82, 2.24) is 4.98 Å². The Labute approximate surface area is 218 Å². The van der Waals surface area contributed by atoms with Crippen molar-refractivity contribution in [2.24, 2.45) is 11.8 Å². The minimum atomic E-state index is -0.0384. The molecular formula is C28H37N3O4S. The average Bonchev–Trinajstić information content (AvgIpc) is 2.89. The summed E-state index contributed by atoms with van der Waals surface area (Å²) in [6, 6.07) is 10.3. The fourth-order valence-electron chi connectivity index (χ4n) is 5.15. The van der Waals surface area contributed by atoms with Gasteiger partial charge in [0, 0.05) is 50.1 Å². The van der Waals surface area contributed by atoms with E-state index >= 15 is 0 Å². The lowest BCUT2D eigenvalue weighted by molar-refractivity contribution is 0.0119. The Morgan fingerprint density at radius 3 is 2.56 bits per heavy atom. The lowest BCUT2D eigenvalue weighted by Gasteiger charge is -2.34. The van der Waals surface area contributed by atoms with Gasteiger partial charge in [-0.3, -0.25) is 4.79 Å². The van der Waals surface area contributed by atoms with Gasteiger partial charge in [-0.25, -0.2) is 4.98 Å². The third kappa shape index (κ3) is 5.82. The molecule has 2 saturated heterocycles. The van der Waals surface area contributed by atoms with Crippen LogP contribution < -0.4 is 13.9 Å². The number of morpholine rings is 1. The maximum atomic E-state index is 13.1. The number of hydrogen-bond donors (Lipinski definition) is 0. The van der Waals surface area contributed by atoms with Gasteiger partial charge in [0.25, 0.3) is 0 Å². The summed E-state index contributed by atoms with van der Waals surface area (Å²) in [5.74, 6) is 2.76. The van der Waals surface area contributed by atoms with Gasteiger partial charge in [0.15, 0.2) is 5.78 Å². The van der Waals surface area contributed by atoms with Crippen molar-refractivity contribution in [3.05, 3.63) is 41.6 Å². The van der Waals surface area contributed by atoms with Crippen LogP contribution in [0.15, 0.2) is 35.2 Å². The number of Topliss-reactive ketones (excluding diaryl/α,β-unsaturated/α-hetero) is 1. The molecule has 0 bridgehead atoms. The number of fused-ring (bicyclic) bond motifs is 1. The molecular weight excluding hydrogens is 474 g/mol. The third-order valence-corrected chi connectivity index (χ3v) is 8.13. The molecule has 1 unspecified atom stereocenters. The highest BCUT2D eigenvalue weighted by molar-refractivity contribution is 8.00. The van der Waals surface area contributed by atoms with E-state index in [0.29, 0.717) is 23.8 Å². The van der Waals surface area contributed by atoms with Crippen molar-refractivity contribution in [3.8, 4) is 5.75 Å². The van der Waals surface area contributed by atoms with Crippen LogP contribution in [0.25, 0.3) is 0 Å². The Bertz CT molecular complexity index is 1070. The Hall–Kier alpha value is -2.29. The maximum Gasteiger partial charge on any atom is 0.170 e. The van der Waals surface area contributed by atoms with E-state index in [9.17, 15) is 4.79 Å². The Balaban J connectivity index is 1.34. The smallest absolute Gasteiger partial charge is 0.170 e. The van der Waals surface area contributed by atoms with Crippen LogP contribution in [0.5, 0.6) is 5.75 Å². The molecule has 1 aromatic carbocycles. The first-order valence-electron chi connectivity index (χ1n) is 13.2. The van der Waals surface area contributed by atoms with Crippen LogP contribution in [-0.4, -0.2) is 62.9 Å². The van der Waals surface area contributed by atoms with Gasteiger partial charge in [-0.15, -0.1) is 0 Å². The Morgan fingerprint density at radius 1 is 1.08 bits per heavy atom. The maximum absolute atomic E-state index is 13.1. The molecule has 0 N–H and O–H groups in total. The zero-order valence-corrected chi connectivity index (χ0v) is 22.4. The molecule has 194 valence electrons. The van der Waals surface area contributed by atoms with E-state index in [1.807, 2.05) is 12.1 Å². The number of anilines is 2. The van der Waals surface area contributed by atoms with Gasteiger partial charge < -0.3 is 23.4 Å². The molecule has 3 aliphatic heterocycles. The van der Waals surface area contributed by atoms with Gasteiger partial charge in [0.1, 0.15) is 17.7 Å². The summed E-state index contributed by atoms with van der Waals surface area (Å²) in [7, 11) is 0. The number of ketones is 1. The zero-order valence-electron chi connectivity index (χ0n) is 21.6. The van der Waals surface area contributed by atoms with E-state index in [1.54, 1.807) is 11.9 Å². The van der Waals surface area contributed by atoms with Crippen LogP contribution in [0.2, 0.25) is 0 Å². The van der Waals surface area contributed by atoms with Crippen LogP contribution >= 0.6 is 11.9 Å². The molecule has 4 heterocycles. The molecule has 0 spiro atoms. The third-order valence-electron chi connectivity index (χ3n) is 7.10. The number of nitrogens with zero attached hydrogens (tertiary/aromatic N) is 3. The molecule has 5 rings (SSSR count). The van der Waals surface area contributed by atoms with Gasteiger partial charge >= 0.3 is 0 Å². The number of pyridine rings is 1. The number of benzene rings is 1. The minimum Gasteiger partial charge on any atom is -0.489 e. The molecule has 2 aromatic rings. The highest BCUT2D eigenvalue weighted by Crippen LogP contribution is 2.38. The highest BCUT2D eigenvalue weighted by Gasteiger charge is 2.33. The Kier molecular flexibility index (Phi) is 8.03. The number of ether oxygens (including phenoxy) is 3. The predicted molar refractivity (Wildman–Crippen MR) is 143 cm³/mol. The number of carbonyl (C=O) groups excluding carboxylic acids is 1. The normalized spacial score (nSPS) is 20.8. The SMILES string of the molecule is Cc1nc(N2CCOCC2)ccc1N(CC(C)C)Sc1ccc2c(c1)C(=O)CC(C1CCOCC1)O2. The lowest BCUT2D eigenvalue weighted by Crippen LogP contribution is -2.37. The summed E-state index contributed by atoms with van der Waals surface area (Å²) in [5.41, 5.74) is 2.81. The van der Waals surface area contributed by atoms with E-state index in [0.717, 1.165) is 86.7 Å². The van der Waals surface area contributed by atoms with Crippen molar-refractivity contribution < 1.29 is 19.0 Å². The summed E-state index contributed by atoms with van der Waals surface area (Å²) in [6.07, 6.45) is 2.34. The first-order valence-corrected chi connectivity index (χ1v) is 13.9. The van der Waals surface area contributed by atoms with Crippen LogP contribution in [0.4, 0.5) is 11.5 Å². The molecule has 36 heavy (non-hydrogen) atoms.